The molecule has 0 N–H and O–H groups in total. The molecule has 0 spiro atoms. The lowest BCUT2D eigenvalue weighted by Crippen LogP contribution is -2.00. The van der Waals surface area contributed by atoms with E-state index in [1.165, 1.54) is 0 Å². The molecule has 1 aromatic rings. The minimum atomic E-state index is 0.308. The molecule has 78 valence electrons. The Morgan fingerprint density at radius 3 is 3.00 bits per heavy atom. The third-order valence-electron chi connectivity index (χ3n) is 2.49. The van der Waals surface area contributed by atoms with Gasteiger partial charge in [0.25, 0.3) is 0 Å². The third kappa shape index (κ3) is 2.26. The Kier molecular flexibility index (Phi) is 2.87. The van der Waals surface area contributed by atoms with Crippen molar-refractivity contribution in [1.82, 2.24) is 9.97 Å². The van der Waals surface area contributed by atoms with Crippen LogP contribution < -0.4 is 0 Å². The standard InChI is InChI=1S/C12H13ClN2/c1-8-4-3-5-10(6-8)11-9(2)7-14-12(13)15-11/h3,5-8H,4H2,1-2H3. The van der Waals surface area contributed by atoms with Crippen LogP contribution in [0.3, 0.4) is 0 Å². The van der Waals surface area contributed by atoms with E-state index < -0.39 is 0 Å². The van der Waals surface area contributed by atoms with Gasteiger partial charge >= 0.3 is 0 Å². The summed E-state index contributed by atoms with van der Waals surface area (Å²) in [7, 11) is 0. The Morgan fingerprint density at radius 2 is 2.27 bits per heavy atom. The van der Waals surface area contributed by atoms with Crippen molar-refractivity contribution in [3.8, 4) is 0 Å². The van der Waals surface area contributed by atoms with Crippen LogP contribution in [-0.2, 0) is 0 Å². The van der Waals surface area contributed by atoms with Crippen molar-refractivity contribution in [2.75, 3.05) is 0 Å². The molecule has 2 nitrogen and oxygen atoms in total. The molecule has 0 saturated heterocycles. The van der Waals surface area contributed by atoms with E-state index in [1.807, 2.05) is 6.92 Å². The normalized spacial score (nSPS) is 20.2. The van der Waals surface area contributed by atoms with Crippen LogP contribution in [0.1, 0.15) is 24.6 Å². The summed E-state index contributed by atoms with van der Waals surface area (Å²) in [6, 6.07) is 0. The molecule has 1 aromatic heterocycles. The van der Waals surface area contributed by atoms with Crippen molar-refractivity contribution in [2.24, 2.45) is 5.92 Å². The maximum atomic E-state index is 5.80. The Balaban J connectivity index is 2.45. The lowest BCUT2D eigenvalue weighted by molar-refractivity contribution is 0.739. The average Bonchev–Trinajstić information content (AvgIpc) is 2.22. The molecule has 0 aliphatic heterocycles. The van der Waals surface area contributed by atoms with Crippen molar-refractivity contribution < 1.29 is 0 Å². The maximum Gasteiger partial charge on any atom is 0.222 e. The number of hydrogen-bond donors (Lipinski definition) is 0. The first-order chi connectivity index (χ1) is 7.16. The molecule has 0 saturated carbocycles. The lowest BCUT2D eigenvalue weighted by Gasteiger charge is -2.13. The van der Waals surface area contributed by atoms with Gasteiger partial charge in [0.1, 0.15) is 0 Å². The van der Waals surface area contributed by atoms with Crippen LogP contribution in [0.15, 0.2) is 24.4 Å². The molecule has 0 bridgehead atoms. The van der Waals surface area contributed by atoms with E-state index in [1.54, 1.807) is 6.20 Å². The van der Waals surface area contributed by atoms with Gasteiger partial charge in [0.15, 0.2) is 0 Å². The molecular formula is C12H13ClN2. The summed E-state index contributed by atoms with van der Waals surface area (Å²) in [5.41, 5.74) is 3.15. The predicted molar refractivity (Wildman–Crippen MR) is 62.7 cm³/mol. The highest BCUT2D eigenvalue weighted by Crippen LogP contribution is 2.25. The second-order valence-electron chi connectivity index (χ2n) is 3.91. The van der Waals surface area contributed by atoms with Crippen LogP contribution in [0.2, 0.25) is 5.28 Å². The molecular weight excluding hydrogens is 208 g/mol. The summed E-state index contributed by atoms with van der Waals surface area (Å²) in [4.78, 5) is 8.22. The molecule has 15 heavy (non-hydrogen) atoms. The molecule has 1 aliphatic rings. The fourth-order valence-electron chi connectivity index (χ4n) is 1.71. The van der Waals surface area contributed by atoms with Crippen molar-refractivity contribution >= 4 is 17.2 Å². The van der Waals surface area contributed by atoms with E-state index in [9.17, 15) is 0 Å². The third-order valence-corrected chi connectivity index (χ3v) is 2.67. The summed E-state index contributed by atoms with van der Waals surface area (Å²) in [5.74, 6) is 0.568. The molecule has 1 heterocycles. The van der Waals surface area contributed by atoms with Gasteiger partial charge in [-0.3, -0.25) is 0 Å². The van der Waals surface area contributed by atoms with Gasteiger partial charge in [0.2, 0.25) is 5.28 Å². The first-order valence-corrected chi connectivity index (χ1v) is 5.42. The van der Waals surface area contributed by atoms with Crippen LogP contribution in [0.5, 0.6) is 0 Å². The topological polar surface area (TPSA) is 25.8 Å². The van der Waals surface area contributed by atoms with E-state index in [0.29, 0.717) is 11.2 Å². The maximum absolute atomic E-state index is 5.80. The first-order valence-electron chi connectivity index (χ1n) is 5.04. The number of halogens is 1. The van der Waals surface area contributed by atoms with Crippen LogP contribution >= 0.6 is 11.6 Å². The lowest BCUT2D eigenvalue weighted by atomic mass is 9.95. The Labute approximate surface area is 94.7 Å². The quantitative estimate of drug-likeness (QED) is 0.678. The smallest absolute Gasteiger partial charge is 0.222 e. The zero-order valence-corrected chi connectivity index (χ0v) is 9.62. The van der Waals surface area contributed by atoms with E-state index >= 15 is 0 Å². The van der Waals surface area contributed by atoms with Gasteiger partial charge in [-0.25, -0.2) is 9.97 Å². The summed E-state index contributed by atoms with van der Waals surface area (Å²) < 4.78 is 0. The van der Waals surface area contributed by atoms with E-state index in [2.05, 4.69) is 35.1 Å². The van der Waals surface area contributed by atoms with Gasteiger partial charge in [-0.15, -0.1) is 0 Å². The molecule has 0 radical (unpaired) electrons. The Morgan fingerprint density at radius 1 is 1.47 bits per heavy atom. The molecule has 0 fully saturated rings. The minimum Gasteiger partial charge on any atom is -0.226 e. The van der Waals surface area contributed by atoms with Gasteiger partial charge < -0.3 is 0 Å². The van der Waals surface area contributed by atoms with Gasteiger partial charge in [-0.2, -0.15) is 0 Å². The number of allylic oxidation sites excluding steroid dienone is 4. The number of rotatable bonds is 1. The molecule has 0 amide bonds. The summed E-state index contributed by atoms with van der Waals surface area (Å²) in [6.07, 6.45) is 9.37. The Hall–Kier alpha value is -1.15. The van der Waals surface area contributed by atoms with Crippen molar-refractivity contribution in [1.29, 1.82) is 0 Å². The molecule has 0 aromatic carbocycles. The summed E-state index contributed by atoms with van der Waals surface area (Å²) in [6.45, 7) is 4.20. The molecule has 2 rings (SSSR count). The average molecular weight is 221 g/mol. The SMILES string of the molecule is Cc1cnc(Cl)nc1C1=CC(C)CC=C1. The minimum absolute atomic E-state index is 0.308. The molecule has 1 aliphatic carbocycles. The zero-order valence-electron chi connectivity index (χ0n) is 8.87. The molecule has 1 unspecified atom stereocenters. The highest BCUT2D eigenvalue weighted by Gasteiger charge is 2.10. The monoisotopic (exact) mass is 220 g/mol. The van der Waals surface area contributed by atoms with E-state index in [0.717, 1.165) is 23.3 Å². The highest BCUT2D eigenvalue weighted by molar-refractivity contribution is 6.28. The van der Waals surface area contributed by atoms with Crippen molar-refractivity contribution in [2.45, 2.75) is 20.3 Å². The van der Waals surface area contributed by atoms with Crippen LogP contribution in [0, 0.1) is 12.8 Å². The van der Waals surface area contributed by atoms with Crippen molar-refractivity contribution in [3.63, 3.8) is 0 Å². The van der Waals surface area contributed by atoms with Gasteiger partial charge in [-0.1, -0.05) is 25.2 Å². The molecule has 3 heteroatoms. The second kappa shape index (κ2) is 4.15. The summed E-state index contributed by atoms with van der Waals surface area (Å²) in [5, 5.41) is 0.308. The van der Waals surface area contributed by atoms with Crippen LogP contribution in [0.4, 0.5) is 0 Å². The van der Waals surface area contributed by atoms with Gasteiger partial charge in [-0.05, 0) is 42.0 Å². The first kappa shape index (κ1) is 10.4. The number of hydrogen-bond acceptors (Lipinski definition) is 2. The predicted octanol–water partition coefficient (Wildman–Crippen LogP) is 3.42. The Bertz CT molecular complexity index is 435. The zero-order chi connectivity index (χ0) is 10.8. The van der Waals surface area contributed by atoms with Crippen LogP contribution in [-0.4, -0.2) is 9.97 Å². The second-order valence-corrected chi connectivity index (χ2v) is 4.25. The van der Waals surface area contributed by atoms with Gasteiger partial charge in [0, 0.05) is 6.20 Å². The summed E-state index contributed by atoms with van der Waals surface area (Å²) >= 11 is 5.80. The number of aromatic nitrogens is 2. The van der Waals surface area contributed by atoms with E-state index in [4.69, 9.17) is 11.6 Å². The highest BCUT2D eigenvalue weighted by atomic mass is 35.5. The van der Waals surface area contributed by atoms with Crippen LogP contribution in [0.25, 0.3) is 5.57 Å². The molecule has 1 atom stereocenters. The number of aryl methyl sites for hydroxylation is 1. The largest absolute Gasteiger partial charge is 0.226 e. The fourth-order valence-corrected chi connectivity index (χ4v) is 1.84. The van der Waals surface area contributed by atoms with Crippen molar-refractivity contribution in [3.05, 3.63) is 41.0 Å². The fraction of sp³-hybridized carbons (Fsp3) is 0.333. The van der Waals surface area contributed by atoms with E-state index in [-0.39, 0.29) is 0 Å². The van der Waals surface area contributed by atoms with Gasteiger partial charge in [0.05, 0.1) is 5.69 Å². The number of nitrogens with zero attached hydrogens (tertiary/aromatic N) is 2.